The normalized spacial score (nSPS) is 14.4. The van der Waals surface area contributed by atoms with Crippen LogP contribution in [0.25, 0.3) is 42.8 Å². The summed E-state index contributed by atoms with van der Waals surface area (Å²) in [4.78, 5) is 15.4. The molecular formula is C34H30BCl3N8O2. The zero-order valence-corrected chi connectivity index (χ0v) is 29.3. The van der Waals surface area contributed by atoms with Gasteiger partial charge in [0.25, 0.3) is 0 Å². The summed E-state index contributed by atoms with van der Waals surface area (Å²) in [7, 11) is 3.41. The van der Waals surface area contributed by atoms with Crippen LogP contribution in [0.2, 0.25) is 15.2 Å². The lowest BCUT2D eigenvalue weighted by molar-refractivity contribution is 0.00578. The van der Waals surface area contributed by atoms with Crippen molar-refractivity contribution < 1.29 is 9.31 Å². The van der Waals surface area contributed by atoms with E-state index in [-0.39, 0.29) is 23.5 Å². The molecule has 0 unspecified atom stereocenters. The first-order valence-corrected chi connectivity index (χ1v) is 15.8. The molecule has 0 bridgehead atoms. The van der Waals surface area contributed by atoms with E-state index in [9.17, 15) is 0 Å². The molecule has 14 heteroatoms. The molecule has 0 spiro atoms. The number of halogens is 3. The maximum absolute atomic E-state index is 7.30. The summed E-state index contributed by atoms with van der Waals surface area (Å²) in [5, 5.41) is 11.2. The van der Waals surface area contributed by atoms with Gasteiger partial charge in [0.15, 0.2) is 0 Å². The molecule has 6 aromatic rings. The Hall–Kier alpha value is -4.49. The molecule has 0 N–H and O–H groups in total. The highest BCUT2D eigenvalue weighted by molar-refractivity contribution is 6.62. The van der Waals surface area contributed by atoms with Gasteiger partial charge in [0.2, 0.25) is 11.4 Å². The van der Waals surface area contributed by atoms with E-state index in [2.05, 4.69) is 29.9 Å². The highest BCUT2D eigenvalue weighted by atomic mass is 35.5. The van der Waals surface area contributed by atoms with Gasteiger partial charge < -0.3 is 9.31 Å². The van der Waals surface area contributed by atoms with E-state index in [4.69, 9.17) is 57.3 Å². The van der Waals surface area contributed by atoms with E-state index < -0.39 is 0 Å². The molecule has 0 atom stereocenters. The minimum absolute atomic E-state index is 0.217. The monoisotopic (exact) mass is 698 g/mol. The van der Waals surface area contributed by atoms with Gasteiger partial charge in [-0.1, -0.05) is 46.9 Å². The van der Waals surface area contributed by atoms with Crippen molar-refractivity contribution in [2.75, 3.05) is 0 Å². The number of aryl methyl sites for hydroxylation is 2. The second kappa shape index (κ2) is 13.9. The second-order valence-corrected chi connectivity index (χ2v) is 13.1. The molecule has 0 amide bonds. The van der Waals surface area contributed by atoms with Gasteiger partial charge in [-0.3, -0.25) is 14.3 Å². The number of hydrogen-bond donors (Lipinski definition) is 0. The van der Waals surface area contributed by atoms with Crippen LogP contribution in [0, 0.1) is 13.1 Å². The van der Waals surface area contributed by atoms with Crippen LogP contribution in [-0.4, -0.2) is 47.8 Å². The summed E-state index contributed by atoms with van der Waals surface area (Å²) in [5.74, 6) is 0. The highest BCUT2D eigenvalue weighted by Crippen LogP contribution is 2.37. The van der Waals surface area contributed by atoms with Crippen LogP contribution in [0.5, 0.6) is 0 Å². The van der Waals surface area contributed by atoms with E-state index >= 15 is 0 Å². The molecule has 5 heterocycles. The molecular weight excluding hydrogens is 670 g/mol. The molecule has 7 rings (SSSR count). The quantitative estimate of drug-likeness (QED) is 0.102. The van der Waals surface area contributed by atoms with Gasteiger partial charge in [-0.05, 0) is 64.1 Å². The standard InChI is InChI=1S/C14H9ClN4.C10H17BN2O2.C10H4Cl2N2/c1-16-13-6-10-11(15)4-3-5-12(10)18-14(13)9-7-17-19(2)8-9;1-9(2)10(3,4)15-11(14-9)8-6-12-13(5)7-8;1-13-9-5-6-7(11)3-2-4-8(6)14-10(9)12/h3-8H,2H3;6-7H,1-5H3;2-5H. The average Bonchev–Trinajstić information content (AvgIpc) is 3.73. The first kappa shape index (κ1) is 34.8. The number of hydrogen-bond acceptors (Lipinski definition) is 6. The summed E-state index contributed by atoms with van der Waals surface area (Å²) < 4.78 is 15.2. The molecule has 0 radical (unpaired) electrons. The molecule has 242 valence electrons. The van der Waals surface area contributed by atoms with Crippen molar-refractivity contribution >= 4 is 80.6 Å². The van der Waals surface area contributed by atoms with Crippen LogP contribution in [0.1, 0.15) is 27.7 Å². The van der Waals surface area contributed by atoms with Gasteiger partial charge in [0, 0.05) is 64.5 Å². The first-order chi connectivity index (χ1) is 22.7. The van der Waals surface area contributed by atoms with Gasteiger partial charge in [-0.25, -0.2) is 14.7 Å². The SMILES string of the molecule is Cn1cc(B2OC(C)(C)C(C)(C)O2)cn1.[C-]#[N+]c1cc2c(Cl)cccc2nc1-c1cnn(C)c1.[C-]#[N+]c1cc2c(Cl)cccc2nc1Cl. The molecule has 1 aliphatic rings. The van der Waals surface area contributed by atoms with Crippen LogP contribution in [0.4, 0.5) is 11.4 Å². The Kier molecular flexibility index (Phi) is 10.1. The lowest BCUT2D eigenvalue weighted by atomic mass is 9.82. The number of nitrogens with zero attached hydrogens (tertiary/aromatic N) is 8. The molecule has 1 fully saturated rings. The van der Waals surface area contributed by atoms with Crippen molar-refractivity contribution in [2.24, 2.45) is 14.1 Å². The molecule has 4 aromatic heterocycles. The maximum atomic E-state index is 7.30. The molecule has 0 aliphatic carbocycles. The third-order valence-corrected chi connectivity index (χ3v) is 8.93. The lowest BCUT2D eigenvalue weighted by Crippen LogP contribution is -2.41. The summed E-state index contributed by atoms with van der Waals surface area (Å²) >= 11 is 17.9. The number of pyridine rings is 2. The van der Waals surface area contributed by atoms with E-state index in [1.807, 2.05) is 66.3 Å². The zero-order chi connectivity index (χ0) is 34.8. The molecule has 48 heavy (non-hydrogen) atoms. The van der Waals surface area contributed by atoms with Crippen LogP contribution >= 0.6 is 34.8 Å². The molecule has 10 nitrogen and oxygen atoms in total. The van der Waals surface area contributed by atoms with Crippen molar-refractivity contribution in [1.82, 2.24) is 29.5 Å². The fourth-order valence-electron chi connectivity index (χ4n) is 4.73. The summed E-state index contributed by atoms with van der Waals surface area (Å²) in [6.45, 7) is 22.4. The van der Waals surface area contributed by atoms with Crippen molar-refractivity contribution in [1.29, 1.82) is 0 Å². The van der Waals surface area contributed by atoms with Crippen LogP contribution in [0.15, 0.2) is 73.3 Å². The maximum Gasteiger partial charge on any atom is 0.498 e. The van der Waals surface area contributed by atoms with E-state index in [1.54, 1.807) is 58.2 Å². The fraction of sp³-hybridized carbons (Fsp3) is 0.235. The Morgan fingerprint density at radius 1 is 0.729 bits per heavy atom. The largest absolute Gasteiger partial charge is 0.498 e. The van der Waals surface area contributed by atoms with E-state index in [0.29, 0.717) is 32.6 Å². The van der Waals surface area contributed by atoms with Crippen LogP contribution in [0.3, 0.4) is 0 Å². The molecule has 1 aliphatic heterocycles. The minimum atomic E-state index is -0.302. The van der Waals surface area contributed by atoms with Crippen LogP contribution < -0.4 is 5.46 Å². The minimum Gasteiger partial charge on any atom is -0.399 e. The predicted molar refractivity (Wildman–Crippen MR) is 192 cm³/mol. The highest BCUT2D eigenvalue weighted by Gasteiger charge is 2.52. The summed E-state index contributed by atoms with van der Waals surface area (Å²) in [6.07, 6.45) is 7.24. The van der Waals surface area contributed by atoms with Crippen molar-refractivity contribution in [3.8, 4) is 11.3 Å². The Labute approximate surface area is 294 Å². The van der Waals surface area contributed by atoms with Crippen molar-refractivity contribution in [3.63, 3.8) is 0 Å². The average molecular weight is 700 g/mol. The third kappa shape index (κ3) is 7.32. The number of aromatic nitrogens is 6. The smallest absolute Gasteiger partial charge is 0.399 e. The molecule has 1 saturated heterocycles. The van der Waals surface area contributed by atoms with E-state index in [1.165, 1.54) is 0 Å². The van der Waals surface area contributed by atoms with Crippen LogP contribution in [-0.2, 0) is 23.4 Å². The van der Waals surface area contributed by atoms with Gasteiger partial charge in [-0.15, -0.1) is 0 Å². The Bertz CT molecular complexity index is 2200. The second-order valence-electron chi connectivity index (χ2n) is 11.9. The molecule has 0 saturated carbocycles. The number of fused-ring (bicyclic) bond motifs is 2. The topological polar surface area (TPSA) is 88.6 Å². The Balaban J connectivity index is 0.000000143. The number of rotatable bonds is 2. The summed E-state index contributed by atoms with van der Waals surface area (Å²) in [6, 6.07) is 14.3. The molecule has 2 aromatic carbocycles. The summed E-state index contributed by atoms with van der Waals surface area (Å²) in [5.41, 5.74) is 4.15. The number of benzene rings is 2. The zero-order valence-electron chi connectivity index (χ0n) is 27.0. The Morgan fingerprint density at radius 3 is 1.75 bits per heavy atom. The van der Waals surface area contributed by atoms with Gasteiger partial charge in [-0.2, -0.15) is 10.2 Å². The first-order valence-electron chi connectivity index (χ1n) is 14.6. The van der Waals surface area contributed by atoms with Crippen molar-refractivity contribution in [3.05, 3.63) is 111 Å². The van der Waals surface area contributed by atoms with Crippen molar-refractivity contribution in [2.45, 2.75) is 38.9 Å². The Morgan fingerprint density at radius 2 is 1.25 bits per heavy atom. The lowest BCUT2D eigenvalue weighted by Gasteiger charge is -2.32. The van der Waals surface area contributed by atoms with E-state index in [0.717, 1.165) is 27.3 Å². The predicted octanol–water partition coefficient (Wildman–Crippen LogP) is 8.65. The third-order valence-electron chi connectivity index (χ3n) is 8.00. The van der Waals surface area contributed by atoms with Gasteiger partial charge in [0.05, 0.1) is 47.3 Å². The fourth-order valence-corrected chi connectivity index (χ4v) is 5.37. The van der Waals surface area contributed by atoms with Gasteiger partial charge >= 0.3 is 7.12 Å². The van der Waals surface area contributed by atoms with Gasteiger partial charge in [0.1, 0.15) is 5.15 Å².